The first-order valence-corrected chi connectivity index (χ1v) is 8.40. The molecule has 2 aromatic carbocycles. The number of halogens is 1. The molecule has 130 valence electrons. The molecule has 0 aliphatic heterocycles. The van der Waals surface area contributed by atoms with Gasteiger partial charge in [0.1, 0.15) is 0 Å². The Morgan fingerprint density at radius 1 is 1.21 bits per heavy atom. The highest BCUT2D eigenvalue weighted by Gasteiger charge is 2.17. The Kier molecular flexibility index (Phi) is 6.91. The first-order chi connectivity index (χ1) is 11.6. The van der Waals surface area contributed by atoms with Gasteiger partial charge in [0.25, 0.3) is 0 Å². The quantitative estimate of drug-likeness (QED) is 0.757. The van der Waals surface area contributed by atoms with Crippen molar-refractivity contribution < 1.29 is 14.6 Å². The zero-order valence-corrected chi connectivity index (χ0v) is 15.0. The van der Waals surface area contributed by atoms with E-state index in [1.165, 1.54) is 0 Å². The first kappa shape index (κ1) is 18.6. The molecule has 0 spiro atoms. The Bertz CT molecular complexity index is 649. The van der Waals surface area contributed by atoms with Crippen molar-refractivity contribution in [3.05, 3.63) is 58.6 Å². The fourth-order valence-electron chi connectivity index (χ4n) is 2.49. The van der Waals surface area contributed by atoms with E-state index >= 15 is 0 Å². The van der Waals surface area contributed by atoms with Crippen molar-refractivity contribution in [2.45, 2.75) is 32.5 Å². The summed E-state index contributed by atoms with van der Waals surface area (Å²) in [5.74, 6) is 1.17. The highest BCUT2D eigenvalue weighted by molar-refractivity contribution is 6.32. The van der Waals surface area contributed by atoms with Gasteiger partial charge in [-0.3, -0.25) is 0 Å². The molecule has 5 heteroatoms. The predicted molar refractivity (Wildman–Crippen MR) is 96.9 cm³/mol. The van der Waals surface area contributed by atoms with Crippen LogP contribution in [0.2, 0.25) is 5.02 Å². The van der Waals surface area contributed by atoms with Crippen LogP contribution in [0.5, 0.6) is 11.5 Å². The maximum Gasteiger partial charge on any atom is 0.179 e. The molecular formula is C19H24ClNO3. The first-order valence-electron chi connectivity index (χ1n) is 8.02. The van der Waals surface area contributed by atoms with Crippen LogP contribution >= 0.6 is 11.6 Å². The second-order valence-electron chi connectivity index (χ2n) is 5.57. The molecule has 0 aromatic heterocycles. The minimum atomic E-state index is -0.578. The highest BCUT2D eigenvalue weighted by atomic mass is 35.5. The number of aliphatic hydroxyl groups is 1. The number of nitrogens with one attached hydrogen (secondary N) is 1. The van der Waals surface area contributed by atoms with E-state index in [2.05, 4.69) is 5.32 Å². The normalized spacial score (nSPS) is 13.4. The van der Waals surface area contributed by atoms with E-state index in [9.17, 15) is 5.11 Å². The van der Waals surface area contributed by atoms with E-state index in [1.807, 2.05) is 56.3 Å². The Labute approximate surface area is 148 Å². The zero-order chi connectivity index (χ0) is 17.5. The molecule has 2 rings (SSSR count). The van der Waals surface area contributed by atoms with Gasteiger partial charge in [-0.15, -0.1) is 0 Å². The lowest BCUT2D eigenvalue weighted by molar-refractivity contribution is 0.135. The van der Waals surface area contributed by atoms with Gasteiger partial charge in [0.2, 0.25) is 0 Å². The van der Waals surface area contributed by atoms with Gasteiger partial charge >= 0.3 is 0 Å². The van der Waals surface area contributed by atoms with E-state index in [0.29, 0.717) is 29.7 Å². The summed E-state index contributed by atoms with van der Waals surface area (Å²) in [5.41, 5.74) is 1.85. The Balaban J connectivity index is 2.04. The molecule has 4 nitrogen and oxygen atoms in total. The largest absolute Gasteiger partial charge is 0.493 e. The molecule has 0 radical (unpaired) electrons. The second kappa shape index (κ2) is 8.92. The van der Waals surface area contributed by atoms with Gasteiger partial charge in [-0.25, -0.2) is 0 Å². The SMILES string of the molecule is CCOc1c(Cl)cc(CN[C@H](C)[C@H](O)c2ccccc2)cc1OC. The summed E-state index contributed by atoms with van der Waals surface area (Å²) in [7, 11) is 1.59. The summed E-state index contributed by atoms with van der Waals surface area (Å²) >= 11 is 6.28. The average molecular weight is 350 g/mol. The molecule has 0 aliphatic rings. The Hall–Kier alpha value is -1.75. The number of hydrogen-bond donors (Lipinski definition) is 2. The minimum Gasteiger partial charge on any atom is -0.493 e. The summed E-state index contributed by atoms with van der Waals surface area (Å²) in [5, 5.41) is 14.2. The van der Waals surface area contributed by atoms with Crippen molar-refractivity contribution in [2.75, 3.05) is 13.7 Å². The van der Waals surface area contributed by atoms with Crippen LogP contribution in [0.4, 0.5) is 0 Å². The highest BCUT2D eigenvalue weighted by Crippen LogP contribution is 2.36. The molecule has 0 heterocycles. The minimum absolute atomic E-state index is 0.108. The lowest BCUT2D eigenvalue weighted by atomic mass is 10.0. The summed E-state index contributed by atoms with van der Waals surface area (Å²) in [6.45, 7) is 4.93. The number of methoxy groups -OCH3 is 1. The molecule has 0 amide bonds. The van der Waals surface area contributed by atoms with Gasteiger partial charge in [-0.1, -0.05) is 41.9 Å². The summed E-state index contributed by atoms with van der Waals surface area (Å²) < 4.78 is 10.9. The molecule has 2 atom stereocenters. The zero-order valence-electron chi connectivity index (χ0n) is 14.3. The van der Waals surface area contributed by atoms with E-state index < -0.39 is 6.10 Å². The number of benzene rings is 2. The molecule has 24 heavy (non-hydrogen) atoms. The molecule has 0 fully saturated rings. The topological polar surface area (TPSA) is 50.7 Å². The fraction of sp³-hybridized carbons (Fsp3) is 0.368. The average Bonchev–Trinajstić information content (AvgIpc) is 2.61. The molecule has 0 saturated heterocycles. The van der Waals surface area contributed by atoms with Gasteiger partial charge in [0, 0.05) is 12.6 Å². The van der Waals surface area contributed by atoms with Gasteiger partial charge < -0.3 is 19.9 Å². The van der Waals surface area contributed by atoms with Crippen molar-refractivity contribution >= 4 is 11.6 Å². The molecular weight excluding hydrogens is 326 g/mol. The number of ether oxygens (including phenoxy) is 2. The predicted octanol–water partition coefficient (Wildman–Crippen LogP) is 3.96. The summed E-state index contributed by atoms with van der Waals surface area (Å²) in [6, 6.07) is 13.2. The van der Waals surface area contributed by atoms with Crippen LogP contribution < -0.4 is 14.8 Å². The molecule has 2 N–H and O–H groups in total. The van der Waals surface area contributed by atoms with Crippen molar-refractivity contribution in [1.82, 2.24) is 5.32 Å². The number of rotatable bonds is 8. The molecule has 0 unspecified atom stereocenters. The van der Waals surface area contributed by atoms with Gasteiger partial charge in [-0.05, 0) is 37.1 Å². The third-order valence-electron chi connectivity index (χ3n) is 3.82. The van der Waals surface area contributed by atoms with E-state index in [-0.39, 0.29) is 6.04 Å². The molecule has 0 bridgehead atoms. The van der Waals surface area contributed by atoms with Crippen LogP contribution in [-0.2, 0) is 6.54 Å². The Morgan fingerprint density at radius 2 is 1.92 bits per heavy atom. The maximum atomic E-state index is 10.4. The Morgan fingerprint density at radius 3 is 2.54 bits per heavy atom. The van der Waals surface area contributed by atoms with Crippen LogP contribution in [0.25, 0.3) is 0 Å². The van der Waals surface area contributed by atoms with Crippen molar-refractivity contribution in [2.24, 2.45) is 0 Å². The lowest BCUT2D eigenvalue weighted by Crippen LogP contribution is -2.31. The monoisotopic (exact) mass is 349 g/mol. The second-order valence-corrected chi connectivity index (χ2v) is 5.97. The van der Waals surface area contributed by atoms with Crippen LogP contribution in [0.3, 0.4) is 0 Å². The van der Waals surface area contributed by atoms with Gasteiger partial charge in [0.05, 0.1) is 24.8 Å². The fourth-order valence-corrected chi connectivity index (χ4v) is 2.78. The summed E-state index contributed by atoms with van der Waals surface area (Å²) in [4.78, 5) is 0. The standard InChI is InChI=1S/C19H24ClNO3/c1-4-24-19-16(20)10-14(11-17(19)23-3)12-21-13(2)18(22)15-8-6-5-7-9-15/h5-11,13,18,21-22H,4,12H2,1-3H3/t13-,18+/m1/s1. The molecule has 0 saturated carbocycles. The van der Waals surface area contributed by atoms with Crippen molar-refractivity contribution in [3.8, 4) is 11.5 Å². The van der Waals surface area contributed by atoms with Crippen LogP contribution in [0.15, 0.2) is 42.5 Å². The van der Waals surface area contributed by atoms with Crippen LogP contribution in [0.1, 0.15) is 31.1 Å². The van der Waals surface area contributed by atoms with Gasteiger partial charge in [-0.2, -0.15) is 0 Å². The van der Waals surface area contributed by atoms with Crippen molar-refractivity contribution in [3.63, 3.8) is 0 Å². The smallest absolute Gasteiger partial charge is 0.179 e. The number of aliphatic hydroxyl groups excluding tert-OH is 1. The lowest BCUT2D eigenvalue weighted by Gasteiger charge is -2.21. The molecule has 2 aromatic rings. The maximum absolute atomic E-state index is 10.4. The van der Waals surface area contributed by atoms with E-state index in [1.54, 1.807) is 7.11 Å². The summed E-state index contributed by atoms with van der Waals surface area (Å²) in [6.07, 6.45) is -0.578. The van der Waals surface area contributed by atoms with Crippen LogP contribution in [0, 0.1) is 0 Å². The molecule has 0 aliphatic carbocycles. The third kappa shape index (κ3) is 4.63. The third-order valence-corrected chi connectivity index (χ3v) is 4.10. The van der Waals surface area contributed by atoms with Gasteiger partial charge in [0.15, 0.2) is 11.5 Å². The number of hydrogen-bond acceptors (Lipinski definition) is 4. The van der Waals surface area contributed by atoms with E-state index in [4.69, 9.17) is 21.1 Å². The van der Waals surface area contributed by atoms with E-state index in [0.717, 1.165) is 11.1 Å². The van der Waals surface area contributed by atoms with Crippen LogP contribution in [-0.4, -0.2) is 24.9 Å². The van der Waals surface area contributed by atoms with Crippen molar-refractivity contribution in [1.29, 1.82) is 0 Å².